The summed E-state index contributed by atoms with van der Waals surface area (Å²) in [5, 5.41) is 2.80. The van der Waals surface area contributed by atoms with Crippen molar-refractivity contribution in [2.45, 2.75) is 32.2 Å². The van der Waals surface area contributed by atoms with Gasteiger partial charge in [0.25, 0.3) is 0 Å². The fourth-order valence-corrected chi connectivity index (χ4v) is 4.13. The van der Waals surface area contributed by atoms with Crippen LogP contribution in [-0.2, 0) is 19.2 Å². The molecule has 1 aliphatic carbocycles. The maximum atomic E-state index is 13.2. The smallest absolute Gasteiger partial charge is 0.250 e. The van der Waals surface area contributed by atoms with Crippen LogP contribution in [0.5, 0.6) is 0 Å². The maximum absolute atomic E-state index is 13.2. The minimum Gasteiger partial charge on any atom is -0.322 e. The Labute approximate surface area is 157 Å². The van der Waals surface area contributed by atoms with Gasteiger partial charge < -0.3 is 5.32 Å². The van der Waals surface area contributed by atoms with Crippen molar-refractivity contribution in [3.8, 4) is 0 Å². The molecule has 4 amide bonds. The molecule has 1 saturated heterocycles. The van der Waals surface area contributed by atoms with E-state index in [0.29, 0.717) is 24.2 Å². The van der Waals surface area contributed by atoms with Gasteiger partial charge in [0.2, 0.25) is 23.6 Å². The van der Waals surface area contributed by atoms with Gasteiger partial charge in [-0.1, -0.05) is 24.3 Å². The van der Waals surface area contributed by atoms with Crippen molar-refractivity contribution in [3.05, 3.63) is 36.4 Å². The lowest BCUT2D eigenvalue weighted by atomic mass is 9.85. The van der Waals surface area contributed by atoms with E-state index in [0.717, 1.165) is 4.90 Å². The van der Waals surface area contributed by atoms with E-state index < -0.39 is 11.4 Å². The van der Waals surface area contributed by atoms with Gasteiger partial charge in [0.05, 0.1) is 23.2 Å². The Balaban J connectivity index is 1.64. The van der Waals surface area contributed by atoms with Crippen molar-refractivity contribution < 1.29 is 19.2 Å². The van der Waals surface area contributed by atoms with Gasteiger partial charge in [0.15, 0.2) is 0 Å². The normalized spacial score (nSPS) is 25.9. The first kappa shape index (κ1) is 17.5. The van der Waals surface area contributed by atoms with E-state index in [9.17, 15) is 19.2 Å². The topological polar surface area (TPSA) is 86.8 Å². The minimum absolute atomic E-state index is 0.296. The van der Waals surface area contributed by atoms with E-state index in [4.69, 9.17) is 0 Å². The number of rotatable bonds is 2. The molecule has 0 saturated carbocycles. The van der Waals surface area contributed by atoms with Crippen molar-refractivity contribution in [1.82, 2.24) is 4.90 Å². The zero-order valence-electron chi connectivity index (χ0n) is 15.3. The molecule has 3 aliphatic rings. The SMILES string of the molecule is CC1(C)C(=O)Nc2ccccc2N1C(=O)CN1C(=O)[C@H]2CC=CC[C@@H]2C1=O. The summed E-state index contributed by atoms with van der Waals surface area (Å²) in [5.41, 5.74) is -0.0385. The number of fused-ring (bicyclic) bond motifs is 2. The lowest BCUT2D eigenvalue weighted by Crippen LogP contribution is -2.60. The molecule has 1 N–H and O–H groups in total. The van der Waals surface area contributed by atoms with Gasteiger partial charge in [-0.2, -0.15) is 0 Å². The fraction of sp³-hybridized carbons (Fsp3) is 0.400. The standard InChI is InChI=1S/C20H21N3O4/c1-20(2)19(27)21-14-9-5-6-10-15(14)23(20)16(24)11-22-17(25)12-7-3-4-8-13(12)18(22)26/h3-6,9-10,12-13H,7-8,11H2,1-2H3,(H,21,27)/t12-,13-/m0/s1. The molecule has 0 unspecified atom stereocenters. The van der Waals surface area contributed by atoms with Crippen LogP contribution in [0.4, 0.5) is 11.4 Å². The van der Waals surface area contributed by atoms with Gasteiger partial charge in [-0.25, -0.2) is 0 Å². The van der Waals surface area contributed by atoms with Gasteiger partial charge in [-0.15, -0.1) is 0 Å². The third kappa shape index (κ3) is 2.57. The molecule has 4 rings (SSSR count). The summed E-state index contributed by atoms with van der Waals surface area (Å²) >= 11 is 0. The average Bonchev–Trinajstić information content (AvgIpc) is 2.88. The van der Waals surface area contributed by atoms with Gasteiger partial charge in [-0.3, -0.25) is 29.0 Å². The fourth-order valence-electron chi connectivity index (χ4n) is 4.13. The molecule has 1 aromatic rings. The number of nitrogens with one attached hydrogen (secondary N) is 1. The Morgan fingerprint density at radius 1 is 1.07 bits per heavy atom. The van der Waals surface area contributed by atoms with E-state index in [1.807, 2.05) is 12.2 Å². The molecule has 1 aromatic carbocycles. The quantitative estimate of drug-likeness (QED) is 0.637. The number of para-hydroxylation sites is 2. The second-order valence-electron chi connectivity index (χ2n) is 7.68. The predicted octanol–water partition coefficient (Wildman–Crippen LogP) is 1.70. The average molecular weight is 367 g/mol. The highest BCUT2D eigenvalue weighted by molar-refractivity contribution is 6.16. The van der Waals surface area contributed by atoms with Crippen LogP contribution < -0.4 is 10.2 Å². The summed E-state index contributed by atoms with van der Waals surface area (Å²) in [5.74, 6) is -2.10. The van der Waals surface area contributed by atoms with Gasteiger partial charge in [0.1, 0.15) is 12.1 Å². The van der Waals surface area contributed by atoms with Crippen molar-refractivity contribution in [2.24, 2.45) is 11.8 Å². The number of likely N-dealkylation sites (tertiary alicyclic amines) is 1. The Morgan fingerprint density at radius 3 is 2.30 bits per heavy atom. The molecule has 2 atom stereocenters. The maximum Gasteiger partial charge on any atom is 0.250 e. The number of hydrogen-bond donors (Lipinski definition) is 1. The second-order valence-corrected chi connectivity index (χ2v) is 7.68. The number of benzene rings is 1. The summed E-state index contributed by atoms with van der Waals surface area (Å²) < 4.78 is 0. The van der Waals surface area contributed by atoms with Crippen molar-refractivity contribution in [3.63, 3.8) is 0 Å². The highest BCUT2D eigenvalue weighted by Gasteiger charge is 2.50. The van der Waals surface area contributed by atoms with E-state index >= 15 is 0 Å². The lowest BCUT2D eigenvalue weighted by Gasteiger charge is -2.42. The van der Waals surface area contributed by atoms with Gasteiger partial charge in [0, 0.05) is 0 Å². The number of hydrogen-bond acceptors (Lipinski definition) is 4. The molecule has 7 heteroatoms. The van der Waals surface area contributed by atoms with Gasteiger partial charge >= 0.3 is 0 Å². The van der Waals surface area contributed by atoms with Crippen LogP contribution in [0.25, 0.3) is 0 Å². The van der Waals surface area contributed by atoms with E-state index in [-0.39, 0.29) is 36.1 Å². The first-order chi connectivity index (χ1) is 12.8. The summed E-state index contributed by atoms with van der Waals surface area (Å²) in [6.45, 7) is 2.94. The van der Waals surface area contributed by atoms with Gasteiger partial charge in [-0.05, 0) is 38.8 Å². The van der Waals surface area contributed by atoms with Crippen LogP contribution in [0.15, 0.2) is 36.4 Å². The summed E-state index contributed by atoms with van der Waals surface area (Å²) in [7, 11) is 0. The number of nitrogens with zero attached hydrogens (tertiary/aromatic N) is 2. The molecule has 0 bridgehead atoms. The highest BCUT2D eigenvalue weighted by atomic mass is 16.2. The molecular formula is C20H21N3O4. The zero-order valence-corrected chi connectivity index (χ0v) is 15.3. The first-order valence-corrected chi connectivity index (χ1v) is 9.06. The second kappa shape index (κ2) is 6.04. The molecule has 2 aliphatic heterocycles. The first-order valence-electron chi connectivity index (χ1n) is 9.06. The molecule has 140 valence electrons. The molecule has 7 nitrogen and oxygen atoms in total. The van der Waals surface area contributed by atoms with E-state index in [2.05, 4.69) is 5.32 Å². The number of carbonyl (C=O) groups is 4. The molecule has 0 spiro atoms. The largest absolute Gasteiger partial charge is 0.322 e. The summed E-state index contributed by atoms with van der Waals surface area (Å²) in [4.78, 5) is 53.4. The molecule has 1 fully saturated rings. The van der Waals surface area contributed by atoms with Crippen molar-refractivity contribution in [2.75, 3.05) is 16.8 Å². The van der Waals surface area contributed by atoms with E-state index in [1.165, 1.54) is 4.90 Å². The number of anilines is 2. The Bertz CT molecular complexity index is 863. The molecule has 0 aromatic heterocycles. The van der Waals surface area contributed by atoms with Crippen molar-refractivity contribution >= 4 is 35.0 Å². The minimum atomic E-state index is -1.13. The van der Waals surface area contributed by atoms with Crippen molar-refractivity contribution in [1.29, 1.82) is 0 Å². The van der Waals surface area contributed by atoms with Crippen LogP contribution in [0.2, 0.25) is 0 Å². The van der Waals surface area contributed by atoms with Crippen LogP contribution in [0, 0.1) is 11.8 Å². The molecule has 27 heavy (non-hydrogen) atoms. The number of imide groups is 1. The molecule has 2 heterocycles. The van der Waals surface area contributed by atoms with Crippen LogP contribution >= 0.6 is 0 Å². The van der Waals surface area contributed by atoms with Crippen LogP contribution in [-0.4, -0.2) is 40.6 Å². The number of allylic oxidation sites excluding steroid dienone is 2. The van der Waals surface area contributed by atoms with E-state index in [1.54, 1.807) is 38.1 Å². The summed E-state index contributed by atoms with van der Waals surface area (Å²) in [6, 6.07) is 7.01. The number of amides is 4. The Morgan fingerprint density at radius 2 is 1.67 bits per heavy atom. The molecular weight excluding hydrogens is 346 g/mol. The third-order valence-electron chi connectivity index (χ3n) is 5.65. The monoisotopic (exact) mass is 367 g/mol. The van der Waals surface area contributed by atoms with Crippen LogP contribution in [0.1, 0.15) is 26.7 Å². The Kier molecular flexibility index (Phi) is 3.91. The lowest BCUT2D eigenvalue weighted by molar-refractivity contribution is -0.143. The highest BCUT2D eigenvalue weighted by Crippen LogP contribution is 2.38. The predicted molar refractivity (Wildman–Crippen MR) is 98.7 cm³/mol. The Hall–Kier alpha value is -2.96. The summed E-state index contributed by atoms with van der Waals surface area (Å²) in [6.07, 6.45) is 4.87. The van der Waals surface area contributed by atoms with Crippen LogP contribution in [0.3, 0.4) is 0 Å². The molecule has 0 radical (unpaired) electrons. The number of carbonyl (C=O) groups excluding carboxylic acids is 4. The zero-order chi connectivity index (χ0) is 19.3. The third-order valence-corrected chi connectivity index (χ3v) is 5.65.